The number of carbonyl (C=O) groups is 2. The van der Waals surface area contributed by atoms with Crippen molar-refractivity contribution in [1.82, 2.24) is 0 Å². The van der Waals surface area contributed by atoms with Crippen molar-refractivity contribution in [3.8, 4) is 22.6 Å². The summed E-state index contributed by atoms with van der Waals surface area (Å²) in [5, 5.41) is 0. The molecule has 3 aromatic rings. The zero-order chi connectivity index (χ0) is 30.2. The fourth-order valence-electron chi connectivity index (χ4n) is 4.62. The summed E-state index contributed by atoms with van der Waals surface area (Å²) in [6.07, 6.45) is -5.17. The fourth-order valence-corrected chi connectivity index (χ4v) is 4.62. The van der Waals surface area contributed by atoms with E-state index in [9.17, 15) is 31.5 Å². The van der Waals surface area contributed by atoms with E-state index in [-0.39, 0.29) is 35.5 Å². The van der Waals surface area contributed by atoms with Gasteiger partial charge in [0.25, 0.3) is 0 Å². The summed E-state index contributed by atoms with van der Waals surface area (Å²) in [4.78, 5) is 24.5. The molecular formula is C32H31F5O4. The molecule has 218 valence electrons. The molecule has 0 radical (unpaired) electrons. The number of benzene rings is 3. The summed E-state index contributed by atoms with van der Waals surface area (Å²) in [6.45, 7) is 8.39. The summed E-state index contributed by atoms with van der Waals surface area (Å²) >= 11 is 0. The minimum absolute atomic E-state index is 0.0149. The van der Waals surface area contributed by atoms with E-state index >= 15 is 0 Å². The average Bonchev–Trinajstić information content (AvgIpc) is 3.09. The maximum atomic E-state index is 13.3. The first-order valence-corrected chi connectivity index (χ1v) is 13.1. The second kappa shape index (κ2) is 10.9. The lowest BCUT2D eigenvalue weighted by molar-refractivity contribution is -0.289. The number of alkyl halides is 5. The van der Waals surface area contributed by atoms with Gasteiger partial charge in [-0.05, 0) is 41.5 Å². The molecule has 5 rings (SSSR count). The third kappa shape index (κ3) is 6.77. The van der Waals surface area contributed by atoms with E-state index in [0.717, 1.165) is 17.2 Å². The van der Waals surface area contributed by atoms with Gasteiger partial charge < -0.3 is 9.47 Å². The third-order valence-corrected chi connectivity index (χ3v) is 6.90. The van der Waals surface area contributed by atoms with Gasteiger partial charge >= 0.3 is 12.1 Å². The second-order valence-corrected chi connectivity index (χ2v) is 12.0. The molecule has 0 aliphatic carbocycles. The number of ketones is 2. The number of fused-ring (bicyclic) bond motifs is 2. The second-order valence-electron chi connectivity index (χ2n) is 12.0. The number of rotatable bonds is 2. The molecule has 0 spiro atoms. The Hall–Kier alpha value is -3.75. The zero-order valence-electron chi connectivity index (χ0n) is 23.2. The van der Waals surface area contributed by atoms with E-state index in [2.05, 4.69) is 13.8 Å². The zero-order valence-corrected chi connectivity index (χ0v) is 23.2. The van der Waals surface area contributed by atoms with Gasteiger partial charge in [-0.3, -0.25) is 9.59 Å². The summed E-state index contributed by atoms with van der Waals surface area (Å²) in [5.41, 5.74) is 0.767. The lowest BCUT2D eigenvalue weighted by atomic mass is 9.87. The van der Waals surface area contributed by atoms with Crippen molar-refractivity contribution in [2.75, 3.05) is 13.2 Å². The Morgan fingerprint density at radius 3 is 1.63 bits per heavy atom. The number of hydrogen-bond donors (Lipinski definition) is 0. The van der Waals surface area contributed by atoms with E-state index in [4.69, 9.17) is 9.47 Å². The molecule has 0 amide bonds. The molecule has 0 fully saturated rings. The first kappa shape index (κ1) is 30.2. The van der Waals surface area contributed by atoms with E-state index in [1.54, 1.807) is 13.8 Å². The van der Waals surface area contributed by atoms with Gasteiger partial charge in [-0.15, -0.1) is 0 Å². The molecule has 2 heterocycles. The highest BCUT2D eigenvalue weighted by molar-refractivity contribution is 6.01. The molecule has 0 bridgehead atoms. The van der Waals surface area contributed by atoms with Crippen LogP contribution in [-0.2, 0) is 5.92 Å². The topological polar surface area (TPSA) is 52.6 Å². The lowest BCUT2D eigenvalue weighted by Crippen LogP contribution is -2.33. The monoisotopic (exact) mass is 574 g/mol. The predicted molar refractivity (Wildman–Crippen MR) is 145 cm³/mol. The van der Waals surface area contributed by atoms with Crippen LogP contribution in [0.2, 0.25) is 0 Å². The number of ether oxygens (including phenoxy) is 2. The molecule has 0 saturated heterocycles. The average molecular weight is 575 g/mol. The molecule has 0 N–H and O–H groups in total. The molecule has 9 heteroatoms. The Kier molecular flexibility index (Phi) is 8.04. The number of hydrogen-bond acceptors (Lipinski definition) is 4. The third-order valence-electron chi connectivity index (χ3n) is 6.90. The smallest absolute Gasteiger partial charge is 0.458 e. The maximum Gasteiger partial charge on any atom is 0.458 e. The van der Waals surface area contributed by atoms with Crippen molar-refractivity contribution in [3.05, 3.63) is 83.4 Å². The molecular weight excluding hydrogens is 543 g/mol. The summed E-state index contributed by atoms with van der Waals surface area (Å²) < 4.78 is 75.0. The highest BCUT2D eigenvalue weighted by Crippen LogP contribution is 2.45. The Bertz CT molecular complexity index is 1440. The highest BCUT2D eigenvalue weighted by Gasteiger charge is 2.59. The van der Waals surface area contributed by atoms with E-state index in [1.807, 2.05) is 48.5 Å². The fraction of sp³-hybridized carbons (Fsp3) is 0.375. The lowest BCUT2D eigenvalue weighted by Gasteiger charge is -2.20. The van der Waals surface area contributed by atoms with E-state index in [0.29, 0.717) is 36.5 Å². The molecule has 2 aliphatic heterocycles. The highest BCUT2D eigenvalue weighted by atomic mass is 19.4. The van der Waals surface area contributed by atoms with E-state index in [1.165, 1.54) is 0 Å². The van der Waals surface area contributed by atoms with E-state index < -0.39 is 28.9 Å². The van der Waals surface area contributed by atoms with Gasteiger partial charge in [0.2, 0.25) is 0 Å². The van der Waals surface area contributed by atoms with Gasteiger partial charge in [0, 0.05) is 29.2 Å². The normalized spacial score (nSPS) is 17.9. The molecule has 0 atom stereocenters. The first-order chi connectivity index (χ1) is 19.0. The van der Waals surface area contributed by atoms with Crippen LogP contribution in [0.25, 0.3) is 11.1 Å². The molecule has 2 aliphatic rings. The molecule has 41 heavy (non-hydrogen) atoms. The standard InChI is InChI=1S/C18H18O2.C14H13F5O2/c1-18(2)11-16(19)15-10-14(8-9-17(15)20-12-18)13-6-4-3-5-7-13;1-12(2)6-10(20)9-5-8(3-4-11(9)21-7-12)13(15,16)14(17,18)19/h3-10H,11-12H2,1-2H3;3-5H,6-7H2,1-2H3. The van der Waals surface area contributed by atoms with Crippen LogP contribution in [-0.4, -0.2) is 31.0 Å². The van der Waals surface area contributed by atoms with Crippen LogP contribution in [0.1, 0.15) is 66.8 Å². The van der Waals surface area contributed by atoms with Crippen LogP contribution in [0.3, 0.4) is 0 Å². The Morgan fingerprint density at radius 2 is 1.12 bits per heavy atom. The molecule has 0 unspecified atom stereocenters. The summed E-state index contributed by atoms with van der Waals surface area (Å²) in [6, 6.07) is 18.2. The van der Waals surface area contributed by atoms with Crippen molar-refractivity contribution < 1.29 is 41.0 Å². The number of Topliss-reactive ketones (excluding diaryl/α,β-unsaturated/α-hetero) is 2. The van der Waals surface area contributed by atoms with Crippen LogP contribution in [0, 0.1) is 10.8 Å². The quantitative estimate of drug-likeness (QED) is 0.288. The Balaban J connectivity index is 0.000000189. The number of halogens is 5. The molecule has 0 aromatic heterocycles. The van der Waals surface area contributed by atoms with Crippen LogP contribution in [0.15, 0.2) is 66.7 Å². The van der Waals surface area contributed by atoms with Crippen molar-refractivity contribution in [2.45, 2.75) is 52.6 Å². The molecule has 0 saturated carbocycles. The SMILES string of the molecule is CC1(C)COc2ccc(-c3ccccc3)cc2C(=O)C1.CC1(C)COc2ccc(C(F)(F)C(F)(F)F)cc2C(=O)C1. The molecule has 4 nitrogen and oxygen atoms in total. The van der Waals surface area contributed by atoms with Crippen LogP contribution in [0.4, 0.5) is 22.0 Å². The summed E-state index contributed by atoms with van der Waals surface area (Å²) in [5.74, 6) is -4.61. The Labute approximate surface area is 235 Å². The van der Waals surface area contributed by atoms with Gasteiger partial charge in [0.1, 0.15) is 11.5 Å². The number of carbonyl (C=O) groups excluding carboxylic acids is 2. The maximum absolute atomic E-state index is 13.3. The van der Waals surface area contributed by atoms with Crippen molar-refractivity contribution in [2.24, 2.45) is 10.8 Å². The molecule has 3 aromatic carbocycles. The van der Waals surface area contributed by atoms with Crippen LogP contribution < -0.4 is 9.47 Å². The van der Waals surface area contributed by atoms with Crippen molar-refractivity contribution in [1.29, 1.82) is 0 Å². The Morgan fingerprint density at radius 1 is 0.634 bits per heavy atom. The van der Waals surface area contributed by atoms with Gasteiger partial charge in [-0.25, -0.2) is 0 Å². The van der Waals surface area contributed by atoms with Gasteiger partial charge in [0.05, 0.1) is 24.3 Å². The van der Waals surface area contributed by atoms with Crippen LogP contribution >= 0.6 is 0 Å². The van der Waals surface area contributed by atoms with Gasteiger partial charge in [-0.1, -0.05) is 64.1 Å². The van der Waals surface area contributed by atoms with Gasteiger partial charge in [-0.2, -0.15) is 22.0 Å². The van der Waals surface area contributed by atoms with Gasteiger partial charge in [0.15, 0.2) is 11.6 Å². The van der Waals surface area contributed by atoms with Crippen molar-refractivity contribution in [3.63, 3.8) is 0 Å². The largest absolute Gasteiger partial charge is 0.492 e. The minimum atomic E-state index is -5.71. The minimum Gasteiger partial charge on any atom is -0.492 e. The van der Waals surface area contributed by atoms with Crippen LogP contribution in [0.5, 0.6) is 11.5 Å². The first-order valence-electron chi connectivity index (χ1n) is 13.1. The van der Waals surface area contributed by atoms with Crippen molar-refractivity contribution >= 4 is 11.6 Å². The summed E-state index contributed by atoms with van der Waals surface area (Å²) in [7, 11) is 0. The predicted octanol–water partition coefficient (Wildman–Crippen LogP) is 8.68.